The zero-order chi connectivity index (χ0) is 15.9. The van der Waals surface area contributed by atoms with Crippen molar-refractivity contribution in [2.24, 2.45) is 0 Å². The number of ether oxygens (including phenoxy) is 1. The van der Waals surface area contributed by atoms with Gasteiger partial charge >= 0.3 is 5.97 Å². The molecule has 2 rings (SSSR count). The Kier molecular flexibility index (Phi) is 5.43. The number of carbonyl (C=O) groups is 2. The summed E-state index contributed by atoms with van der Waals surface area (Å²) in [6.45, 7) is 2.01. The van der Waals surface area contributed by atoms with Gasteiger partial charge in [-0.15, -0.1) is 11.3 Å². The SMILES string of the molecule is COC(=O)Cc1csc(NC(=O)/C=C/c2ccc(C)cc2)n1. The number of nitrogens with zero attached hydrogens (tertiary/aromatic N) is 1. The van der Waals surface area contributed by atoms with Gasteiger partial charge in [-0.2, -0.15) is 0 Å². The largest absolute Gasteiger partial charge is 0.469 e. The van der Waals surface area contributed by atoms with Crippen LogP contribution in [-0.2, 0) is 20.7 Å². The Morgan fingerprint density at radius 1 is 1.32 bits per heavy atom. The fraction of sp³-hybridized carbons (Fsp3) is 0.188. The number of benzene rings is 1. The summed E-state index contributed by atoms with van der Waals surface area (Å²) in [7, 11) is 1.33. The second kappa shape index (κ2) is 7.51. The zero-order valence-corrected chi connectivity index (χ0v) is 13.1. The lowest BCUT2D eigenvalue weighted by atomic mass is 10.1. The number of rotatable bonds is 5. The van der Waals surface area contributed by atoms with Gasteiger partial charge in [0.2, 0.25) is 5.91 Å². The Morgan fingerprint density at radius 2 is 2.05 bits per heavy atom. The molecule has 22 heavy (non-hydrogen) atoms. The van der Waals surface area contributed by atoms with Gasteiger partial charge in [0.1, 0.15) is 0 Å². The molecule has 6 heteroatoms. The van der Waals surface area contributed by atoms with Crippen molar-refractivity contribution in [1.82, 2.24) is 4.98 Å². The maximum Gasteiger partial charge on any atom is 0.311 e. The lowest BCUT2D eigenvalue weighted by molar-refractivity contribution is -0.139. The first-order valence-corrected chi connectivity index (χ1v) is 7.52. The summed E-state index contributed by atoms with van der Waals surface area (Å²) >= 11 is 1.27. The predicted molar refractivity (Wildman–Crippen MR) is 86.7 cm³/mol. The number of nitrogens with one attached hydrogen (secondary N) is 1. The smallest absolute Gasteiger partial charge is 0.311 e. The van der Waals surface area contributed by atoms with Crippen molar-refractivity contribution in [3.8, 4) is 0 Å². The van der Waals surface area contributed by atoms with Crippen molar-refractivity contribution in [2.45, 2.75) is 13.3 Å². The van der Waals surface area contributed by atoms with Gasteiger partial charge in [-0.25, -0.2) is 4.98 Å². The maximum atomic E-state index is 11.8. The van der Waals surface area contributed by atoms with E-state index in [2.05, 4.69) is 15.0 Å². The summed E-state index contributed by atoms with van der Waals surface area (Å²) in [6, 6.07) is 7.85. The van der Waals surface area contributed by atoms with Crippen LogP contribution in [0.2, 0.25) is 0 Å². The van der Waals surface area contributed by atoms with E-state index in [4.69, 9.17) is 0 Å². The third-order valence-electron chi connectivity index (χ3n) is 2.84. The molecular weight excluding hydrogens is 300 g/mol. The molecule has 114 valence electrons. The molecule has 0 saturated heterocycles. The first-order valence-electron chi connectivity index (χ1n) is 6.64. The van der Waals surface area contributed by atoms with Gasteiger partial charge in [-0.1, -0.05) is 29.8 Å². The second-order valence-corrected chi connectivity index (χ2v) is 5.49. The third-order valence-corrected chi connectivity index (χ3v) is 3.65. The van der Waals surface area contributed by atoms with Gasteiger partial charge in [0.05, 0.1) is 19.2 Å². The van der Waals surface area contributed by atoms with Crippen LogP contribution in [-0.4, -0.2) is 24.0 Å². The van der Waals surface area contributed by atoms with Crippen LogP contribution >= 0.6 is 11.3 Å². The Labute approximate surface area is 132 Å². The minimum Gasteiger partial charge on any atom is -0.469 e. The number of aromatic nitrogens is 1. The van der Waals surface area contributed by atoms with Gasteiger partial charge < -0.3 is 4.74 Å². The number of hydrogen-bond donors (Lipinski definition) is 1. The molecule has 1 N–H and O–H groups in total. The molecule has 1 heterocycles. The predicted octanol–water partition coefficient (Wildman–Crippen LogP) is 2.82. The Balaban J connectivity index is 1.91. The molecule has 0 aliphatic heterocycles. The van der Waals surface area contributed by atoms with E-state index in [0.29, 0.717) is 10.8 Å². The fourth-order valence-corrected chi connectivity index (χ4v) is 2.38. The highest BCUT2D eigenvalue weighted by atomic mass is 32.1. The van der Waals surface area contributed by atoms with Crippen molar-refractivity contribution in [3.05, 3.63) is 52.5 Å². The highest BCUT2D eigenvalue weighted by Crippen LogP contribution is 2.16. The highest BCUT2D eigenvalue weighted by Gasteiger charge is 2.08. The molecule has 0 atom stereocenters. The number of hydrogen-bond acceptors (Lipinski definition) is 5. The number of aryl methyl sites for hydroxylation is 1. The Hall–Kier alpha value is -2.47. The molecule has 0 bridgehead atoms. The number of esters is 1. The Bertz CT molecular complexity index is 690. The van der Waals surface area contributed by atoms with Crippen molar-refractivity contribution >= 4 is 34.4 Å². The summed E-state index contributed by atoms with van der Waals surface area (Å²) in [5, 5.41) is 4.84. The standard InChI is InChI=1S/C16H16N2O3S/c1-11-3-5-12(6-4-11)7-8-14(19)18-16-17-13(10-22-16)9-15(20)21-2/h3-8,10H,9H2,1-2H3,(H,17,18,19)/b8-7+. The lowest BCUT2D eigenvalue weighted by Gasteiger charge is -1.97. The number of carbonyl (C=O) groups excluding carboxylic acids is 2. The van der Waals surface area contributed by atoms with Crippen LogP contribution in [0.3, 0.4) is 0 Å². The van der Waals surface area contributed by atoms with Crippen LogP contribution in [0, 0.1) is 6.92 Å². The maximum absolute atomic E-state index is 11.8. The van der Waals surface area contributed by atoms with Crippen molar-refractivity contribution in [1.29, 1.82) is 0 Å². The van der Waals surface area contributed by atoms with E-state index in [1.165, 1.54) is 30.1 Å². The highest BCUT2D eigenvalue weighted by molar-refractivity contribution is 7.14. The van der Waals surface area contributed by atoms with Gasteiger partial charge in [-0.05, 0) is 18.6 Å². The number of amides is 1. The quantitative estimate of drug-likeness (QED) is 0.680. The molecule has 5 nitrogen and oxygen atoms in total. The zero-order valence-electron chi connectivity index (χ0n) is 12.3. The summed E-state index contributed by atoms with van der Waals surface area (Å²) < 4.78 is 4.57. The van der Waals surface area contributed by atoms with Gasteiger partial charge in [-0.3, -0.25) is 14.9 Å². The van der Waals surface area contributed by atoms with E-state index in [-0.39, 0.29) is 18.3 Å². The number of methoxy groups -OCH3 is 1. The van der Waals surface area contributed by atoms with E-state index >= 15 is 0 Å². The van der Waals surface area contributed by atoms with Crippen LogP contribution in [0.5, 0.6) is 0 Å². The van der Waals surface area contributed by atoms with E-state index in [1.807, 2.05) is 31.2 Å². The number of anilines is 1. The number of thiazole rings is 1. The van der Waals surface area contributed by atoms with E-state index in [0.717, 1.165) is 5.56 Å². The summed E-state index contributed by atoms with van der Waals surface area (Å²) in [6.07, 6.45) is 3.28. The minimum atomic E-state index is -0.359. The van der Waals surface area contributed by atoms with Crippen LogP contribution in [0.25, 0.3) is 6.08 Å². The molecule has 0 aliphatic rings. The summed E-state index contributed by atoms with van der Waals surface area (Å²) in [5.41, 5.74) is 2.70. The van der Waals surface area contributed by atoms with Crippen molar-refractivity contribution < 1.29 is 14.3 Å². The van der Waals surface area contributed by atoms with E-state index in [1.54, 1.807) is 11.5 Å². The molecule has 2 aromatic rings. The van der Waals surface area contributed by atoms with Gasteiger partial charge in [0, 0.05) is 11.5 Å². The average Bonchev–Trinajstić information content (AvgIpc) is 2.93. The minimum absolute atomic E-state index is 0.0993. The molecule has 0 saturated carbocycles. The molecule has 0 fully saturated rings. The molecule has 0 unspecified atom stereocenters. The van der Waals surface area contributed by atoms with Crippen LogP contribution in [0.15, 0.2) is 35.7 Å². The molecule has 0 aliphatic carbocycles. The van der Waals surface area contributed by atoms with Crippen LogP contribution < -0.4 is 5.32 Å². The monoisotopic (exact) mass is 316 g/mol. The average molecular weight is 316 g/mol. The normalized spacial score (nSPS) is 10.6. The second-order valence-electron chi connectivity index (χ2n) is 4.63. The van der Waals surface area contributed by atoms with Crippen molar-refractivity contribution in [3.63, 3.8) is 0 Å². The molecule has 0 radical (unpaired) electrons. The molecule has 1 amide bonds. The third kappa shape index (κ3) is 4.82. The summed E-state index contributed by atoms with van der Waals surface area (Å²) in [4.78, 5) is 27.1. The molecular formula is C16H16N2O3S. The van der Waals surface area contributed by atoms with Crippen molar-refractivity contribution in [2.75, 3.05) is 12.4 Å². The molecule has 0 spiro atoms. The fourth-order valence-electron chi connectivity index (χ4n) is 1.66. The summed E-state index contributed by atoms with van der Waals surface area (Å²) in [5.74, 6) is -0.623. The Morgan fingerprint density at radius 3 is 2.73 bits per heavy atom. The van der Waals surface area contributed by atoms with Crippen LogP contribution in [0.4, 0.5) is 5.13 Å². The lowest BCUT2D eigenvalue weighted by Crippen LogP contribution is -2.08. The van der Waals surface area contributed by atoms with E-state index < -0.39 is 0 Å². The molecule has 1 aromatic carbocycles. The van der Waals surface area contributed by atoms with Gasteiger partial charge in [0.25, 0.3) is 0 Å². The topological polar surface area (TPSA) is 68.3 Å². The van der Waals surface area contributed by atoms with Gasteiger partial charge in [0.15, 0.2) is 5.13 Å². The first-order chi connectivity index (χ1) is 10.6. The molecule has 1 aromatic heterocycles. The van der Waals surface area contributed by atoms with Crippen LogP contribution in [0.1, 0.15) is 16.8 Å². The first kappa shape index (κ1) is 15.9. The van der Waals surface area contributed by atoms with E-state index in [9.17, 15) is 9.59 Å².